The minimum atomic E-state index is -0.353. The summed E-state index contributed by atoms with van der Waals surface area (Å²) >= 11 is 0. The number of halogens is 1. The van der Waals surface area contributed by atoms with Gasteiger partial charge in [-0.1, -0.05) is 12.1 Å². The van der Waals surface area contributed by atoms with Crippen LogP contribution in [0.5, 0.6) is 0 Å². The highest BCUT2D eigenvalue weighted by atomic mass is 19.1. The fraction of sp³-hybridized carbons (Fsp3) is 0.333. The van der Waals surface area contributed by atoms with Crippen molar-refractivity contribution in [3.05, 3.63) is 65.5 Å². The van der Waals surface area contributed by atoms with Gasteiger partial charge < -0.3 is 9.80 Å². The number of hydrogen-bond donors (Lipinski definition) is 0. The summed E-state index contributed by atoms with van der Waals surface area (Å²) in [6.45, 7) is 2.34. The van der Waals surface area contributed by atoms with Gasteiger partial charge in [0.25, 0.3) is 5.91 Å². The van der Waals surface area contributed by atoms with Gasteiger partial charge in [0.2, 0.25) is 0 Å². The molecule has 5 nitrogen and oxygen atoms in total. The molecule has 27 heavy (non-hydrogen) atoms. The van der Waals surface area contributed by atoms with Gasteiger partial charge in [0.15, 0.2) is 0 Å². The smallest absolute Gasteiger partial charge is 0.253 e. The third-order valence-corrected chi connectivity index (χ3v) is 4.91. The second-order valence-electron chi connectivity index (χ2n) is 6.85. The maximum absolute atomic E-state index is 13.0. The Bertz CT molecular complexity index is 819. The number of nitrogens with zero attached hydrogens (tertiary/aromatic N) is 4. The van der Waals surface area contributed by atoms with E-state index in [0.29, 0.717) is 31.7 Å². The summed E-state index contributed by atoms with van der Waals surface area (Å²) < 4.78 is 13.0. The lowest BCUT2D eigenvalue weighted by molar-refractivity contribution is 0.0606. The number of carbonyl (C=O) groups excluding carboxylic acids is 1. The summed E-state index contributed by atoms with van der Waals surface area (Å²) in [5.74, 6) is -0.452. The Morgan fingerprint density at radius 2 is 1.63 bits per heavy atom. The Kier molecular flexibility index (Phi) is 5.72. The van der Waals surface area contributed by atoms with Crippen LogP contribution < -0.4 is 4.90 Å². The maximum Gasteiger partial charge on any atom is 0.253 e. The number of rotatable bonds is 4. The number of piperazine rings is 1. The third kappa shape index (κ3) is 4.26. The van der Waals surface area contributed by atoms with E-state index in [0.717, 1.165) is 11.3 Å². The number of carbonyl (C=O) groups is 1. The molecule has 1 aliphatic rings. The predicted molar refractivity (Wildman–Crippen MR) is 103 cm³/mol. The summed E-state index contributed by atoms with van der Waals surface area (Å²) in [7, 11) is 3.96. The van der Waals surface area contributed by atoms with Gasteiger partial charge in [-0.15, -0.1) is 0 Å². The average Bonchev–Trinajstić information content (AvgIpc) is 2.69. The molecular weight excluding hydrogens is 343 g/mol. The van der Waals surface area contributed by atoms with Crippen LogP contribution in [0.4, 0.5) is 10.1 Å². The summed E-state index contributed by atoms with van der Waals surface area (Å²) in [5, 5.41) is 9.67. The lowest BCUT2D eigenvalue weighted by atomic mass is 10.0. The van der Waals surface area contributed by atoms with Gasteiger partial charge in [0.1, 0.15) is 11.9 Å². The zero-order chi connectivity index (χ0) is 19.4. The van der Waals surface area contributed by atoms with E-state index in [1.807, 2.05) is 43.3 Å². The number of hydrogen-bond acceptors (Lipinski definition) is 4. The minimum Gasteiger partial charge on any atom is -0.378 e. The first-order chi connectivity index (χ1) is 13.0. The lowest BCUT2D eigenvalue weighted by Gasteiger charge is -2.37. The standard InChI is InChI=1S/C21H23FN4O/c1-24(2)19-9-5-16(6-10-19)20(15-23)25-11-13-26(14-12-25)21(27)17-3-7-18(22)8-4-17/h3-10,20H,11-14H2,1-2H3. The molecule has 1 aliphatic heterocycles. The Morgan fingerprint density at radius 3 is 2.15 bits per heavy atom. The van der Waals surface area contributed by atoms with Crippen molar-refractivity contribution in [2.24, 2.45) is 0 Å². The highest BCUT2D eigenvalue weighted by molar-refractivity contribution is 5.94. The molecular formula is C21H23FN4O. The molecule has 0 aromatic heterocycles. The highest BCUT2D eigenvalue weighted by Gasteiger charge is 2.27. The molecule has 1 fully saturated rings. The predicted octanol–water partition coefficient (Wildman–Crippen LogP) is 2.91. The van der Waals surface area contributed by atoms with Crippen molar-refractivity contribution < 1.29 is 9.18 Å². The first-order valence-electron chi connectivity index (χ1n) is 8.95. The van der Waals surface area contributed by atoms with E-state index in [9.17, 15) is 14.4 Å². The molecule has 0 aliphatic carbocycles. The Labute approximate surface area is 159 Å². The Balaban J connectivity index is 1.64. The van der Waals surface area contributed by atoms with Crippen molar-refractivity contribution in [1.29, 1.82) is 5.26 Å². The van der Waals surface area contributed by atoms with E-state index in [4.69, 9.17) is 0 Å². The molecule has 1 amide bonds. The van der Waals surface area contributed by atoms with Crippen LogP contribution in [0.1, 0.15) is 22.0 Å². The summed E-state index contributed by atoms with van der Waals surface area (Å²) in [4.78, 5) is 18.4. The SMILES string of the molecule is CN(C)c1ccc(C(C#N)N2CCN(C(=O)c3ccc(F)cc3)CC2)cc1. The van der Waals surface area contributed by atoms with Gasteiger partial charge in [0.05, 0.1) is 6.07 Å². The quantitative estimate of drug-likeness (QED) is 0.835. The van der Waals surface area contributed by atoms with Crippen LogP contribution in [-0.2, 0) is 0 Å². The molecule has 2 aromatic carbocycles. The maximum atomic E-state index is 13.0. The van der Waals surface area contributed by atoms with Gasteiger partial charge in [-0.25, -0.2) is 4.39 Å². The van der Waals surface area contributed by atoms with Crippen molar-refractivity contribution >= 4 is 11.6 Å². The van der Waals surface area contributed by atoms with Crippen LogP contribution >= 0.6 is 0 Å². The second kappa shape index (κ2) is 8.19. The fourth-order valence-electron chi connectivity index (χ4n) is 3.28. The molecule has 3 rings (SSSR count). The van der Waals surface area contributed by atoms with Crippen LogP contribution in [0.25, 0.3) is 0 Å². The van der Waals surface area contributed by atoms with E-state index in [1.54, 1.807) is 4.90 Å². The van der Waals surface area contributed by atoms with Crippen molar-refractivity contribution in [3.63, 3.8) is 0 Å². The highest BCUT2D eigenvalue weighted by Crippen LogP contribution is 2.24. The molecule has 140 valence electrons. The van der Waals surface area contributed by atoms with Crippen LogP contribution in [0, 0.1) is 17.1 Å². The van der Waals surface area contributed by atoms with Crippen molar-refractivity contribution in [2.45, 2.75) is 6.04 Å². The van der Waals surface area contributed by atoms with Crippen molar-refractivity contribution in [2.75, 3.05) is 45.2 Å². The van der Waals surface area contributed by atoms with Gasteiger partial charge in [-0.05, 0) is 42.0 Å². The molecule has 0 saturated carbocycles. The average molecular weight is 366 g/mol. The molecule has 2 aromatic rings. The molecule has 1 saturated heterocycles. The van der Waals surface area contributed by atoms with Crippen molar-refractivity contribution in [1.82, 2.24) is 9.80 Å². The van der Waals surface area contributed by atoms with Gasteiger partial charge in [0, 0.05) is 51.5 Å². The van der Waals surface area contributed by atoms with Gasteiger partial charge >= 0.3 is 0 Å². The summed E-state index contributed by atoms with van der Waals surface area (Å²) in [5.41, 5.74) is 2.53. The molecule has 1 unspecified atom stereocenters. The molecule has 0 radical (unpaired) electrons. The third-order valence-electron chi connectivity index (χ3n) is 4.91. The second-order valence-corrected chi connectivity index (χ2v) is 6.85. The zero-order valence-electron chi connectivity index (χ0n) is 15.6. The van der Waals surface area contributed by atoms with Crippen LogP contribution in [0.3, 0.4) is 0 Å². The van der Waals surface area contributed by atoms with Crippen LogP contribution in [-0.4, -0.2) is 56.0 Å². The number of anilines is 1. The Morgan fingerprint density at radius 1 is 1.04 bits per heavy atom. The zero-order valence-corrected chi connectivity index (χ0v) is 15.6. The molecule has 6 heteroatoms. The molecule has 0 spiro atoms. The number of nitriles is 1. The lowest BCUT2D eigenvalue weighted by Crippen LogP contribution is -2.49. The first-order valence-corrected chi connectivity index (χ1v) is 8.95. The van der Waals surface area contributed by atoms with Crippen LogP contribution in [0.2, 0.25) is 0 Å². The largest absolute Gasteiger partial charge is 0.378 e. The molecule has 1 heterocycles. The van der Waals surface area contributed by atoms with E-state index in [2.05, 4.69) is 11.0 Å². The van der Waals surface area contributed by atoms with Crippen molar-refractivity contribution in [3.8, 4) is 6.07 Å². The number of amides is 1. The normalized spacial score (nSPS) is 15.9. The van der Waals surface area contributed by atoms with Gasteiger partial charge in [-0.3, -0.25) is 9.69 Å². The molecule has 1 atom stereocenters. The van der Waals surface area contributed by atoms with E-state index in [-0.39, 0.29) is 17.8 Å². The first kappa shape index (κ1) is 18.9. The van der Waals surface area contributed by atoms with Gasteiger partial charge in [-0.2, -0.15) is 5.26 Å². The van der Waals surface area contributed by atoms with E-state index in [1.165, 1.54) is 24.3 Å². The Hall–Kier alpha value is -2.91. The monoisotopic (exact) mass is 366 g/mol. The molecule has 0 N–H and O–H groups in total. The topological polar surface area (TPSA) is 50.6 Å². The van der Waals surface area contributed by atoms with Crippen LogP contribution in [0.15, 0.2) is 48.5 Å². The summed E-state index contributed by atoms with van der Waals surface area (Å²) in [6.07, 6.45) is 0. The van der Waals surface area contributed by atoms with E-state index >= 15 is 0 Å². The van der Waals surface area contributed by atoms with E-state index < -0.39 is 0 Å². The molecule has 0 bridgehead atoms. The minimum absolute atomic E-state index is 0.0986. The fourth-order valence-corrected chi connectivity index (χ4v) is 3.28. The number of benzene rings is 2. The summed E-state index contributed by atoms with van der Waals surface area (Å²) in [6, 6.07) is 15.7.